The molecule has 0 heterocycles. The molecule has 0 aliphatic rings. The standard InChI is InChI=1S/C14H19Cl2NO/c1-4-10(2)8-17(3)9-14(18)11-5-6-12(15)13(16)7-11/h5-7,10H,4,8-9H2,1-3H3. The van der Waals surface area contributed by atoms with Crippen LogP contribution in [0.5, 0.6) is 0 Å². The normalized spacial score (nSPS) is 12.8. The molecule has 1 aromatic carbocycles. The van der Waals surface area contributed by atoms with E-state index in [-0.39, 0.29) is 5.78 Å². The summed E-state index contributed by atoms with van der Waals surface area (Å²) < 4.78 is 0. The van der Waals surface area contributed by atoms with E-state index in [4.69, 9.17) is 23.2 Å². The van der Waals surface area contributed by atoms with Gasteiger partial charge in [0.2, 0.25) is 0 Å². The third kappa shape index (κ3) is 4.60. The highest BCUT2D eigenvalue weighted by Crippen LogP contribution is 2.22. The second-order valence-electron chi connectivity index (χ2n) is 4.76. The average molecular weight is 288 g/mol. The van der Waals surface area contributed by atoms with Gasteiger partial charge in [0.1, 0.15) is 0 Å². The quantitative estimate of drug-likeness (QED) is 0.733. The van der Waals surface area contributed by atoms with Crippen LogP contribution in [0.25, 0.3) is 0 Å². The zero-order valence-electron chi connectivity index (χ0n) is 11.0. The monoisotopic (exact) mass is 287 g/mol. The van der Waals surface area contributed by atoms with Gasteiger partial charge in [-0.25, -0.2) is 0 Å². The molecular formula is C14H19Cl2NO. The Bertz CT molecular complexity index is 420. The van der Waals surface area contributed by atoms with Gasteiger partial charge in [0.15, 0.2) is 5.78 Å². The predicted octanol–water partition coefficient (Wildman–Crippen LogP) is 4.15. The second kappa shape index (κ2) is 7.13. The summed E-state index contributed by atoms with van der Waals surface area (Å²) >= 11 is 11.7. The van der Waals surface area contributed by atoms with E-state index in [0.29, 0.717) is 28.1 Å². The van der Waals surface area contributed by atoms with Gasteiger partial charge in [-0.15, -0.1) is 0 Å². The molecule has 0 amide bonds. The van der Waals surface area contributed by atoms with Crippen molar-refractivity contribution in [3.8, 4) is 0 Å². The second-order valence-corrected chi connectivity index (χ2v) is 5.58. The number of benzene rings is 1. The number of nitrogens with zero attached hydrogens (tertiary/aromatic N) is 1. The lowest BCUT2D eigenvalue weighted by atomic mass is 10.1. The molecule has 1 aromatic rings. The van der Waals surface area contributed by atoms with Crippen LogP contribution in [0.4, 0.5) is 0 Å². The van der Waals surface area contributed by atoms with E-state index in [2.05, 4.69) is 13.8 Å². The summed E-state index contributed by atoms with van der Waals surface area (Å²) in [6.45, 7) is 5.66. The molecule has 0 aromatic heterocycles. The van der Waals surface area contributed by atoms with E-state index in [1.165, 1.54) is 0 Å². The van der Waals surface area contributed by atoms with Crippen molar-refractivity contribution in [2.75, 3.05) is 20.1 Å². The number of carbonyl (C=O) groups excluding carboxylic acids is 1. The van der Waals surface area contributed by atoms with Crippen molar-refractivity contribution in [2.45, 2.75) is 20.3 Å². The SMILES string of the molecule is CCC(C)CN(C)CC(=O)c1ccc(Cl)c(Cl)c1. The van der Waals surface area contributed by atoms with Crippen molar-refractivity contribution in [1.82, 2.24) is 4.90 Å². The summed E-state index contributed by atoms with van der Waals surface area (Å²) in [5, 5.41) is 0.897. The first-order valence-corrected chi connectivity index (χ1v) is 6.86. The molecule has 0 saturated heterocycles. The Morgan fingerprint density at radius 2 is 2.00 bits per heavy atom. The number of hydrogen-bond donors (Lipinski definition) is 0. The van der Waals surface area contributed by atoms with Crippen LogP contribution in [0, 0.1) is 5.92 Å². The molecule has 4 heteroatoms. The summed E-state index contributed by atoms with van der Waals surface area (Å²) in [4.78, 5) is 14.1. The lowest BCUT2D eigenvalue weighted by molar-refractivity contribution is 0.0939. The smallest absolute Gasteiger partial charge is 0.176 e. The molecule has 0 bridgehead atoms. The first kappa shape index (κ1) is 15.5. The fraction of sp³-hybridized carbons (Fsp3) is 0.500. The number of rotatable bonds is 6. The van der Waals surface area contributed by atoms with Gasteiger partial charge in [-0.1, -0.05) is 43.5 Å². The fourth-order valence-electron chi connectivity index (χ4n) is 1.73. The lowest BCUT2D eigenvalue weighted by Crippen LogP contribution is -2.30. The van der Waals surface area contributed by atoms with Crippen molar-refractivity contribution < 1.29 is 4.79 Å². The Kier molecular flexibility index (Phi) is 6.13. The number of halogens is 2. The highest BCUT2D eigenvalue weighted by atomic mass is 35.5. The van der Waals surface area contributed by atoms with Gasteiger partial charge in [0.25, 0.3) is 0 Å². The van der Waals surface area contributed by atoms with E-state index in [9.17, 15) is 4.79 Å². The Morgan fingerprint density at radius 3 is 2.56 bits per heavy atom. The summed E-state index contributed by atoms with van der Waals surface area (Å²) in [7, 11) is 1.96. The van der Waals surface area contributed by atoms with Crippen molar-refractivity contribution in [2.24, 2.45) is 5.92 Å². The van der Waals surface area contributed by atoms with Gasteiger partial charge in [-0.2, -0.15) is 0 Å². The molecule has 1 unspecified atom stereocenters. The number of likely N-dealkylation sites (N-methyl/N-ethyl adjacent to an activating group) is 1. The van der Waals surface area contributed by atoms with Crippen molar-refractivity contribution in [3.05, 3.63) is 33.8 Å². The molecule has 0 aliphatic heterocycles. The van der Waals surface area contributed by atoms with Crippen molar-refractivity contribution in [3.63, 3.8) is 0 Å². The molecule has 0 spiro atoms. The molecule has 0 N–H and O–H groups in total. The van der Waals surface area contributed by atoms with Gasteiger partial charge in [-0.05, 0) is 31.2 Å². The van der Waals surface area contributed by atoms with Gasteiger partial charge in [0, 0.05) is 12.1 Å². The lowest BCUT2D eigenvalue weighted by Gasteiger charge is -2.19. The summed E-state index contributed by atoms with van der Waals surface area (Å²) in [5.74, 6) is 0.663. The molecule has 100 valence electrons. The molecule has 2 nitrogen and oxygen atoms in total. The van der Waals surface area contributed by atoms with E-state index in [1.54, 1.807) is 18.2 Å². The third-order valence-corrected chi connectivity index (χ3v) is 3.71. The molecule has 0 aliphatic carbocycles. The summed E-state index contributed by atoms with van der Waals surface area (Å²) in [6.07, 6.45) is 1.12. The Morgan fingerprint density at radius 1 is 1.33 bits per heavy atom. The van der Waals surface area contributed by atoms with Gasteiger partial charge in [0.05, 0.1) is 16.6 Å². The topological polar surface area (TPSA) is 20.3 Å². The number of Topliss-reactive ketones (excluding diaryl/α,β-unsaturated/α-hetero) is 1. The van der Waals surface area contributed by atoms with Crippen molar-refractivity contribution >= 4 is 29.0 Å². The van der Waals surface area contributed by atoms with Crippen LogP contribution >= 0.6 is 23.2 Å². The van der Waals surface area contributed by atoms with Crippen LogP contribution in [-0.2, 0) is 0 Å². The zero-order valence-corrected chi connectivity index (χ0v) is 12.6. The van der Waals surface area contributed by atoms with Crippen LogP contribution in [-0.4, -0.2) is 30.8 Å². The van der Waals surface area contributed by atoms with E-state index >= 15 is 0 Å². The van der Waals surface area contributed by atoms with Crippen LogP contribution < -0.4 is 0 Å². The zero-order chi connectivity index (χ0) is 13.7. The van der Waals surface area contributed by atoms with Crippen molar-refractivity contribution in [1.29, 1.82) is 0 Å². The van der Waals surface area contributed by atoms with E-state index in [1.807, 2.05) is 11.9 Å². The number of hydrogen-bond acceptors (Lipinski definition) is 2. The molecular weight excluding hydrogens is 269 g/mol. The Hall–Kier alpha value is -0.570. The number of ketones is 1. The summed E-state index contributed by atoms with van der Waals surface area (Å²) in [6, 6.07) is 5.00. The minimum absolute atomic E-state index is 0.0689. The fourth-order valence-corrected chi connectivity index (χ4v) is 2.03. The maximum Gasteiger partial charge on any atom is 0.176 e. The Labute approximate surface area is 119 Å². The number of carbonyl (C=O) groups is 1. The maximum atomic E-state index is 12.0. The molecule has 1 atom stereocenters. The Balaban J connectivity index is 2.62. The highest BCUT2D eigenvalue weighted by Gasteiger charge is 2.12. The largest absolute Gasteiger partial charge is 0.299 e. The first-order chi connectivity index (χ1) is 8.43. The molecule has 0 radical (unpaired) electrons. The average Bonchev–Trinajstić information content (AvgIpc) is 2.32. The molecule has 0 saturated carbocycles. The maximum absolute atomic E-state index is 12.0. The van der Waals surface area contributed by atoms with E-state index < -0.39 is 0 Å². The van der Waals surface area contributed by atoms with Crippen LogP contribution in [0.15, 0.2) is 18.2 Å². The predicted molar refractivity (Wildman–Crippen MR) is 77.7 cm³/mol. The minimum Gasteiger partial charge on any atom is -0.299 e. The van der Waals surface area contributed by atoms with Crippen LogP contribution in [0.2, 0.25) is 10.0 Å². The third-order valence-electron chi connectivity index (χ3n) is 2.98. The highest BCUT2D eigenvalue weighted by molar-refractivity contribution is 6.42. The summed E-state index contributed by atoms with van der Waals surface area (Å²) in [5.41, 5.74) is 0.611. The van der Waals surface area contributed by atoms with Crippen LogP contribution in [0.1, 0.15) is 30.6 Å². The molecule has 0 fully saturated rings. The van der Waals surface area contributed by atoms with E-state index in [0.717, 1.165) is 13.0 Å². The first-order valence-electron chi connectivity index (χ1n) is 6.10. The van der Waals surface area contributed by atoms with Gasteiger partial charge in [-0.3, -0.25) is 9.69 Å². The van der Waals surface area contributed by atoms with Crippen LogP contribution in [0.3, 0.4) is 0 Å². The molecule has 18 heavy (non-hydrogen) atoms. The van der Waals surface area contributed by atoms with Gasteiger partial charge >= 0.3 is 0 Å². The molecule has 1 rings (SSSR count). The minimum atomic E-state index is 0.0689. The van der Waals surface area contributed by atoms with Gasteiger partial charge < -0.3 is 0 Å².